The van der Waals surface area contributed by atoms with Crippen LogP contribution in [0.15, 0.2) is 18.3 Å². The number of fused-ring (bicyclic) bond motifs is 1. The summed E-state index contributed by atoms with van der Waals surface area (Å²) in [6.07, 6.45) is 11.2. The van der Waals surface area contributed by atoms with Gasteiger partial charge in [-0.3, -0.25) is 4.98 Å². The van der Waals surface area contributed by atoms with Crippen LogP contribution in [0, 0.1) is 5.41 Å². The quantitative estimate of drug-likeness (QED) is 0.721. The SMILES string of the molecule is CCCCC1(CCC)Cc2cccnc2C1. The molecule has 1 aliphatic carbocycles. The van der Waals surface area contributed by atoms with E-state index in [1.165, 1.54) is 56.2 Å². The maximum atomic E-state index is 4.54. The molecular weight excluding hydrogens is 194 g/mol. The van der Waals surface area contributed by atoms with Crippen LogP contribution in [0.25, 0.3) is 0 Å². The molecule has 1 aromatic heterocycles. The number of nitrogens with zero attached hydrogens (tertiary/aromatic N) is 1. The Balaban J connectivity index is 2.13. The van der Waals surface area contributed by atoms with Crippen LogP contribution in [0.4, 0.5) is 0 Å². The van der Waals surface area contributed by atoms with Crippen LogP contribution in [0.5, 0.6) is 0 Å². The summed E-state index contributed by atoms with van der Waals surface area (Å²) in [5, 5.41) is 0. The van der Waals surface area contributed by atoms with Crippen molar-refractivity contribution in [1.29, 1.82) is 0 Å². The normalized spacial score (nSPS) is 23.4. The molecule has 1 atom stereocenters. The first-order valence-electron chi connectivity index (χ1n) is 6.72. The topological polar surface area (TPSA) is 12.9 Å². The smallest absolute Gasteiger partial charge is 0.0441 e. The highest BCUT2D eigenvalue weighted by Gasteiger charge is 2.36. The van der Waals surface area contributed by atoms with E-state index in [9.17, 15) is 0 Å². The monoisotopic (exact) mass is 217 g/mol. The third-order valence-electron chi connectivity index (χ3n) is 3.93. The number of pyridine rings is 1. The molecule has 0 aliphatic heterocycles. The fourth-order valence-electron chi connectivity index (χ4n) is 3.17. The fraction of sp³-hybridized carbons (Fsp3) is 0.667. The van der Waals surface area contributed by atoms with E-state index in [4.69, 9.17) is 0 Å². The lowest BCUT2D eigenvalue weighted by Gasteiger charge is -2.28. The third kappa shape index (κ3) is 2.28. The molecule has 1 unspecified atom stereocenters. The Kier molecular flexibility index (Phi) is 3.63. The van der Waals surface area contributed by atoms with Gasteiger partial charge in [-0.1, -0.05) is 39.2 Å². The molecule has 0 bridgehead atoms. The van der Waals surface area contributed by atoms with Crippen LogP contribution in [-0.4, -0.2) is 4.98 Å². The molecule has 0 aromatic carbocycles. The molecule has 88 valence electrons. The summed E-state index contributed by atoms with van der Waals surface area (Å²) in [7, 11) is 0. The summed E-state index contributed by atoms with van der Waals surface area (Å²) in [6.45, 7) is 4.60. The molecule has 1 heteroatoms. The highest BCUT2D eigenvalue weighted by Crippen LogP contribution is 2.43. The van der Waals surface area contributed by atoms with Crippen molar-refractivity contribution in [2.24, 2.45) is 5.41 Å². The van der Waals surface area contributed by atoms with Crippen molar-refractivity contribution in [3.63, 3.8) is 0 Å². The maximum absolute atomic E-state index is 4.54. The van der Waals surface area contributed by atoms with E-state index in [0.29, 0.717) is 5.41 Å². The van der Waals surface area contributed by atoms with Crippen LogP contribution >= 0.6 is 0 Å². The second kappa shape index (κ2) is 4.99. The maximum Gasteiger partial charge on any atom is 0.0441 e. The molecule has 1 nitrogen and oxygen atoms in total. The Labute approximate surface area is 99.3 Å². The molecule has 0 amide bonds. The zero-order valence-electron chi connectivity index (χ0n) is 10.6. The third-order valence-corrected chi connectivity index (χ3v) is 3.93. The van der Waals surface area contributed by atoms with Crippen molar-refractivity contribution < 1.29 is 0 Å². The predicted octanol–water partition coefficient (Wildman–Crippen LogP) is 4.16. The van der Waals surface area contributed by atoms with E-state index in [0.717, 1.165) is 0 Å². The molecule has 1 aromatic rings. The van der Waals surface area contributed by atoms with Gasteiger partial charge in [0.2, 0.25) is 0 Å². The largest absolute Gasteiger partial charge is 0.261 e. The lowest BCUT2D eigenvalue weighted by atomic mass is 9.76. The Morgan fingerprint density at radius 3 is 2.75 bits per heavy atom. The van der Waals surface area contributed by atoms with Gasteiger partial charge >= 0.3 is 0 Å². The fourth-order valence-corrected chi connectivity index (χ4v) is 3.17. The summed E-state index contributed by atoms with van der Waals surface area (Å²) in [5.74, 6) is 0. The van der Waals surface area contributed by atoms with Gasteiger partial charge in [0.25, 0.3) is 0 Å². The molecule has 0 radical (unpaired) electrons. The zero-order chi connectivity index (χ0) is 11.4. The van der Waals surface area contributed by atoms with E-state index >= 15 is 0 Å². The summed E-state index contributed by atoms with van der Waals surface area (Å²) >= 11 is 0. The number of rotatable bonds is 5. The minimum absolute atomic E-state index is 0.543. The molecule has 0 saturated heterocycles. The summed E-state index contributed by atoms with van der Waals surface area (Å²) in [5.41, 5.74) is 3.42. The van der Waals surface area contributed by atoms with Crippen molar-refractivity contribution in [2.75, 3.05) is 0 Å². The lowest BCUT2D eigenvalue weighted by Crippen LogP contribution is -2.21. The number of hydrogen-bond acceptors (Lipinski definition) is 1. The predicted molar refractivity (Wildman–Crippen MR) is 68.5 cm³/mol. The van der Waals surface area contributed by atoms with Gasteiger partial charge in [0.15, 0.2) is 0 Å². The molecule has 2 rings (SSSR count). The van der Waals surface area contributed by atoms with E-state index in [-0.39, 0.29) is 0 Å². The molecule has 1 aliphatic rings. The zero-order valence-corrected chi connectivity index (χ0v) is 10.6. The number of unbranched alkanes of at least 4 members (excludes halogenated alkanes) is 1. The van der Waals surface area contributed by atoms with Crippen LogP contribution < -0.4 is 0 Å². The van der Waals surface area contributed by atoms with Gasteiger partial charge in [0, 0.05) is 11.9 Å². The van der Waals surface area contributed by atoms with Crippen molar-refractivity contribution in [1.82, 2.24) is 4.98 Å². The molecule has 0 fully saturated rings. The highest BCUT2D eigenvalue weighted by molar-refractivity contribution is 5.28. The first-order valence-corrected chi connectivity index (χ1v) is 6.72. The minimum Gasteiger partial charge on any atom is -0.261 e. The number of hydrogen-bond donors (Lipinski definition) is 0. The second-order valence-electron chi connectivity index (χ2n) is 5.32. The van der Waals surface area contributed by atoms with E-state index < -0.39 is 0 Å². The molecular formula is C15H23N. The standard InChI is InChI=1S/C15H23N/c1-3-5-9-15(8-4-2)11-13-7-6-10-16-14(13)12-15/h6-7,10H,3-5,8-9,11-12H2,1-2H3. The van der Waals surface area contributed by atoms with Gasteiger partial charge in [-0.2, -0.15) is 0 Å². The summed E-state index contributed by atoms with van der Waals surface area (Å²) in [4.78, 5) is 4.54. The van der Waals surface area contributed by atoms with Crippen LogP contribution in [0.3, 0.4) is 0 Å². The molecule has 0 saturated carbocycles. The van der Waals surface area contributed by atoms with E-state index in [1.807, 2.05) is 6.20 Å². The second-order valence-corrected chi connectivity index (χ2v) is 5.32. The lowest BCUT2D eigenvalue weighted by molar-refractivity contribution is 0.244. The van der Waals surface area contributed by atoms with Crippen molar-refractivity contribution >= 4 is 0 Å². The van der Waals surface area contributed by atoms with Gasteiger partial charge in [-0.15, -0.1) is 0 Å². The van der Waals surface area contributed by atoms with Crippen LogP contribution in [0.2, 0.25) is 0 Å². The Morgan fingerprint density at radius 2 is 2.06 bits per heavy atom. The first kappa shape index (κ1) is 11.6. The summed E-state index contributed by atoms with van der Waals surface area (Å²) < 4.78 is 0. The van der Waals surface area contributed by atoms with Crippen molar-refractivity contribution in [3.05, 3.63) is 29.6 Å². The average molecular weight is 217 g/mol. The average Bonchev–Trinajstić information content (AvgIpc) is 2.65. The molecule has 16 heavy (non-hydrogen) atoms. The molecule has 1 heterocycles. The first-order chi connectivity index (χ1) is 7.79. The van der Waals surface area contributed by atoms with Crippen LogP contribution in [0.1, 0.15) is 57.2 Å². The Bertz CT molecular complexity index is 318. The van der Waals surface area contributed by atoms with Gasteiger partial charge in [0.1, 0.15) is 0 Å². The minimum atomic E-state index is 0.543. The van der Waals surface area contributed by atoms with Gasteiger partial charge in [-0.05, 0) is 42.7 Å². The van der Waals surface area contributed by atoms with Gasteiger partial charge in [-0.25, -0.2) is 0 Å². The Morgan fingerprint density at radius 1 is 1.19 bits per heavy atom. The van der Waals surface area contributed by atoms with Crippen molar-refractivity contribution in [2.45, 2.75) is 58.8 Å². The molecule has 0 spiro atoms. The number of aromatic nitrogens is 1. The van der Waals surface area contributed by atoms with Gasteiger partial charge in [0.05, 0.1) is 0 Å². The van der Waals surface area contributed by atoms with E-state index in [2.05, 4.69) is 31.0 Å². The molecule has 0 N–H and O–H groups in total. The van der Waals surface area contributed by atoms with Crippen molar-refractivity contribution in [3.8, 4) is 0 Å². The van der Waals surface area contributed by atoms with E-state index in [1.54, 1.807) is 0 Å². The highest BCUT2D eigenvalue weighted by atomic mass is 14.7. The van der Waals surface area contributed by atoms with Gasteiger partial charge < -0.3 is 0 Å². The summed E-state index contributed by atoms with van der Waals surface area (Å²) in [6, 6.07) is 4.35. The van der Waals surface area contributed by atoms with Crippen LogP contribution in [-0.2, 0) is 12.8 Å². The Hall–Kier alpha value is -0.850.